The summed E-state index contributed by atoms with van der Waals surface area (Å²) in [5.74, 6) is -5.15. The van der Waals surface area contributed by atoms with Crippen LogP contribution in [0.2, 0.25) is 0 Å². The molecule has 0 spiro atoms. The second-order valence-corrected chi connectivity index (χ2v) is 5.99. The minimum absolute atomic E-state index is 0.226. The summed E-state index contributed by atoms with van der Waals surface area (Å²) in [6.45, 7) is 4.37. The van der Waals surface area contributed by atoms with Gasteiger partial charge in [0.1, 0.15) is 0 Å². The van der Waals surface area contributed by atoms with Crippen LogP contribution in [0.15, 0.2) is 12.1 Å². The first-order valence-corrected chi connectivity index (χ1v) is 8.38. The van der Waals surface area contributed by atoms with Gasteiger partial charge in [-0.1, -0.05) is 33.1 Å². The molecule has 8 heteroatoms. The van der Waals surface area contributed by atoms with Crippen LogP contribution >= 0.6 is 0 Å². The van der Waals surface area contributed by atoms with Gasteiger partial charge in [0.05, 0.1) is 22.3 Å². The molecule has 0 saturated carbocycles. The summed E-state index contributed by atoms with van der Waals surface area (Å²) in [6.07, 6.45) is 3.78. The molecule has 8 nitrogen and oxygen atoms in total. The van der Waals surface area contributed by atoms with Crippen molar-refractivity contribution in [3.63, 3.8) is 0 Å². The van der Waals surface area contributed by atoms with Crippen molar-refractivity contribution >= 4 is 23.8 Å². The fraction of sp³-hybridized carbons (Fsp3) is 0.444. The maximum atomic E-state index is 12.4. The smallest absolute Gasteiger partial charge is 0.336 e. The zero-order chi connectivity index (χ0) is 19.9. The number of rotatable bonds is 10. The molecule has 0 aliphatic rings. The number of aromatic carboxylic acids is 3. The van der Waals surface area contributed by atoms with Crippen LogP contribution in [0.3, 0.4) is 0 Å². The fourth-order valence-electron chi connectivity index (χ4n) is 2.59. The Morgan fingerprint density at radius 3 is 1.77 bits per heavy atom. The Hall–Kier alpha value is -2.90. The number of unbranched alkanes of at least 4 members (excludes halogenated alkanes) is 1. The average Bonchev–Trinajstić information content (AvgIpc) is 2.60. The Bertz CT molecular complexity index is 712. The third-order valence-electron chi connectivity index (χ3n) is 4.19. The number of carbonyl (C=O) groups excluding carboxylic acids is 1. The van der Waals surface area contributed by atoms with Gasteiger partial charge in [0, 0.05) is 6.54 Å². The molecule has 1 unspecified atom stereocenters. The molecule has 0 saturated heterocycles. The third-order valence-corrected chi connectivity index (χ3v) is 4.19. The molecule has 1 aromatic carbocycles. The highest BCUT2D eigenvalue weighted by Crippen LogP contribution is 2.19. The van der Waals surface area contributed by atoms with Crippen molar-refractivity contribution in [2.45, 2.75) is 39.5 Å². The molecule has 0 aliphatic carbocycles. The van der Waals surface area contributed by atoms with Crippen molar-refractivity contribution in [1.82, 2.24) is 5.32 Å². The van der Waals surface area contributed by atoms with Crippen LogP contribution in [0.4, 0.5) is 0 Å². The van der Waals surface area contributed by atoms with E-state index in [2.05, 4.69) is 12.2 Å². The number of carbonyl (C=O) groups is 4. The van der Waals surface area contributed by atoms with E-state index in [9.17, 15) is 24.3 Å². The minimum atomic E-state index is -1.58. The quantitative estimate of drug-likeness (QED) is 0.499. The first-order valence-electron chi connectivity index (χ1n) is 8.38. The summed E-state index contributed by atoms with van der Waals surface area (Å²) in [6, 6.07) is 1.51. The molecule has 1 rings (SSSR count). The highest BCUT2D eigenvalue weighted by atomic mass is 16.4. The van der Waals surface area contributed by atoms with Crippen LogP contribution in [0.5, 0.6) is 0 Å². The fourth-order valence-corrected chi connectivity index (χ4v) is 2.59. The highest BCUT2D eigenvalue weighted by molar-refractivity contribution is 6.10. The van der Waals surface area contributed by atoms with Crippen LogP contribution in [0.1, 0.15) is 81.0 Å². The van der Waals surface area contributed by atoms with Gasteiger partial charge in [-0.25, -0.2) is 14.4 Å². The molecule has 1 atom stereocenters. The molecule has 0 fully saturated rings. The Labute approximate surface area is 150 Å². The van der Waals surface area contributed by atoms with Crippen LogP contribution in [-0.2, 0) is 0 Å². The number of hydrogen-bond acceptors (Lipinski definition) is 4. The Kier molecular flexibility index (Phi) is 7.77. The molecule has 26 heavy (non-hydrogen) atoms. The largest absolute Gasteiger partial charge is 0.478 e. The second-order valence-electron chi connectivity index (χ2n) is 5.99. The molecule has 1 aromatic rings. The molecular weight excluding hydrogens is 342 g/mol. The van der Waals surface area contributed by atoms with E-state index < -0.39 is 40.5 Å². The predicted octanol–water partition coefficient (Wildman–Crippen LogP) is 2.73. The van der Waals surface area contributed by atoms with E-state index in [0.29, 0.717) is 12.6 Å². The maximum absolute atomic E-state index is 12.4. The van der Waals surface area contributed by atoms with Crippen molar-refractivity contribution in [3.05, 3.63) is 34.4 Å². The van der Waals surface area contributed by atoms with Gasteiger partial charge in [-0.05, 0) is 24.5 Å². The van der Waals surface area contributed by atoms with E-state index in [1.807, 2.05) is 6.92 Å². The van der Waals surface area contributed by atoms with Crippen LogP contribution < -0.4 is 5.32 Å². The van der Waals surface area contributed by atoms with Crippen molar-refractivity contribution in [1.29, 1.82) is 0 Å². The van der Waals surface area contributed by atoms with E-state index >= 15 is 0 Å². The van der Waals surface area contributed by atoms with Gasteiger partial charge in [0.25, 0.3) is 5.91 Å². The average molecular weight is 365 g/mol. The van der Waals surface area contributed by atoms with Crippen molar-refractivity contribution in [3.8, 4) is 0 Å². The van der Waals surface area contributed by atoms with Gasteiger partial charge in [-0.3, -0.25) is 4.79 Å². The van der Waals surface area contributed by atoms with Gasteiger partial charge >= 0.3 is 17.9 Å². The predicted molar refractivity (Wildman–Crippen MR) is 93.0 cm³/mol. The minimum Gasteiger partial charge on any atom is -0.478 e. The summed E-state index contributed by atoms with van der Waals surface area (Å²) in [7, 11) is 0. The zero-order valence-electron chi connectivity index (χ0n) is 14.7. The number of carboxylic acid groups (broad SMARTS) is 3. The molecule has 0 aromatic heterocycles. The molecular formula is C18H23NO7. The van der Waals surface area contributed by atoms with E-state index in [0.717, 1.165) is 31.7 Å². The topological polar surface area (TPSA) is 141 Å². The van der Waals surface area contributed by atoms with Gasteiger partial charge < -0.3 is 20.6 Å². The summed E-state index contributed by atoms with van der Waals surface area (Å²) in [5, 5.41) is 30.1. The molecule has 0 radical (unpaired) electrons. The van der Waals surface area contributed by atoms with Gasteiger partial charge in [-0.2, -0.15) is 0 Å². The summed E-state index contributed by atoms with van der Waals surface area (Å²) >= 11 is 0. The van der Waals surface area contributed by atoms with Crippen molar-refractivity contribution in [2.75, 3.05) is 6.54 Å². The number of benzene rings is 1. The van der Waals surface area contributed by atoms with E-state index in [1.165, 1.54) is 0 Å². The standard InChI is InChI=1S/C18H23NO7/c1-3-5-6-10(4-2)9-19-15(20)11-7-13(17(23)24)14(18(25)26)8-12(11)16(21)22/h7-8,10H,3-6,9H2,1-2H3,(H,19,20)(H,21,22)(H,23,24)(H,25,26). The lowest BCUT2D eigenvalue weighted by Gasteiger charge is -2.16. The lowest BCUT2D eigenvalue weighted by molar-refractivity contribution is 0.0648. The number of amides is 1. The van der Waals surface area contributed by atoms with E-state index in [-0.39, 0.29) is 11.5 Å². The molecule has 4 N–H and O–H groups in total. The van der Waals surface area contributed by atoms with Crippen LogP contribution in [0, 0.1) is 5.92 Å². The monoisotopic (exact) mass is 365 g/mol. The maximum Gasteiger partial charge on any atom is 0.336 e. The number of hydrogen-bond donors (Lipinski definition) is 4. The van der Waals surface area contributed by atoms with Crippen molar-refractivity contribution in [2.24, 2.45) is 5.92 Å². The van der Waals surface area contributed by atoms with Crippen molar-refractivity contribution < 1.29 is 34.5 Å². The lowest BCUT2D eigenvalue weighted by atomic mass is 9.96. The molecule has 0 bridgehead atoms. The molecule has 142 valence electrons. The SMILES string of the molecule is CCCCC(CC)CNC(=O)c1cc(C(=O)O)c(C(=O)O)cc1C(=O)O. The molecule has 0 heterocycles. The van der Waals surface area contributed by atoms with Gasteiger partial charge in [-0.15, -0.1) is 0 Å². The number of carboxylic acids is 3. The van der Waals surface area contributed by atoms with Gasteiger partial charge in [0.2, 0.25) is 0 Å². The van der Waals surface area contributed by atoms with Crippen LogP contribution in [-0.4, -0.2) is 45.7 Å². The molecule has 0 aliphatic heterocycles. The first kappa shape index (κ1) is 21.1. The summed E-state index contributed by atoms with van der Waals surface area (Å²) in [5.41, 5.74) is -2.23. The highest BCUT2D eigenvalue weighted by Gasteiger charge is 2.25. The summed E-state index contributed by atoms with van der Waals surface area (Å²) in [4.78, 5) is 46.3. The Morgan fingerprint density at radius 1 is 0.885 bits per heavy atom. The van der Waals surface area contributed by atoms with Crippen LogP contribution in [0.25, 0.3) is 0 Å². The zero-order valence-corrected chi connectivity index (χ0v) is 14.7. The Balaban J connectivity index is 3.18. The Morgan fingerprint density at radius 2 is 1.35 bits per heavy atom. The van der Waals surface area contributed by atoms with E-state index in [1.54, 1.807) is 0 Å². The first-order chi connectivity index (χ1) is 12.2. The lowest BCUT2D eigenvalue weighted by Crippen LogP contribution is -2.31. The molecule has 1 amide bonds. The summed E-state index contributed by atoms with van der Waals surface area (Å²) < 4.78 is 0. The number of nitrogens with one attached hydrogen (secondary N) is 1. The van der Waals surface area contributed by atoms with E-state index in [4.69, 9.17) is 10.2 Å². The second kappa shape index (κ2) is 9.55. The third kappa shape index (κ3) is 5.30. The normalized spacial score (nSPS) is 11.6. The van der Waals surface area contributed by atoms with Gasteiger partial charge in [0.15, 0.2) is 0 Å².